The van der Waals surface area contributed by atoms with Crippen molar-refractivity contribution in [1.29, 1.82) is 0 Å². The van der Waals surface area contributed by atoms with E-state index in [9.17, 15) is 0 Å². The quantitative estimate of drug-likeness (QED) is 0.222. The number of halogens is 1. The number of benzene rings is 3. The van der Waals surface area contributed by atoms with Gasteiger partial charge in [-0.05, 0) is 66.1 Å². The Morgan fingerprint density at radius 1 is 0.568 bits per heavy atom. The first kappa shape index (κ1) is 24.7. The van der Waals surface area contributed by atoms with E-state index in [1.54, 1.807) is 0 Å². The summed E-state index contributed by atoms with van der Waals surface area (Å²) in [5.41, 5.74) is 8.57. The van der Waals surface area contributed by atoms with Crippen LogP contribution >= 0.6 is 0 Å². The van der Waals surface area contributed by atoms with Crippen molar-refractivity contribution < 1.29 is 21.5 Å². The van der Waals surface area contributed by atoms with Gasteiger partial charge in [-0.3, -0.25) is 4.98 Å². The summed E-state index contributed by atoms with van der Waals surface area (Å²) >= 11 is 0. The number of hydrogen-bond donors (Lipinski definition) is 0. The van der Waals surface area contributed by atoms with E-state index in [1.165, 1.54) is 39.6 Å². The number of nitrogens with zero attached hydrogens (tertiary/aromatic N) is 4. The monoisotopic (exact) mass is 548 g/mol. The molecule has 0 amide bonds. The second-order valence-corrected chi connectivity index (χ2v) is 9.07. The van der Waals surface area contributed by atoms with Crippen LogP contribution in [-0.4, -0.2) is 11.5 Å². The van der Waals surface area contributed by atoms with E-state index >= 15 is 0 Å². The summed E-state index contributed by atoms with van der Waals surface area (Å²) in [6, 6.07) is 36.6. The lowest BCUT2D eigenvalue weighted by molar-refractivity contribution is -0.697. The minimum atomic E-state index is 0. The first-order valence-electron chi connectivity index (χ1n) is 12.6. The molecule has 0 spiro atoms. The third-order valence-electron chi connectivity index (χ3n) is 6.79. The van der Waals surface area contributed by atoms with E-state index in [1.807, 2.05) is 24.5 Å². The number of hydrogen-bond acceptors (Lipinski definition) is 3. The average Bonchev–Trinajstić information content (AvgIpc) is 2.96. The van der Waals surface area contributed by atoms with Gasteiger partial charge >= 0.3 is 0 Å². The molecule has 0 saturated heterocycles. The van der Waals surface area contributed by atoms with Crippen molar-refractivity contribution >= 4 is 28.4 Å². The van der Waals surface area contributed by atoms with Crippen LogP contribution in [0, 0.1) is 0 Å². The molecule has 0 bridgehead atoms. The normalized spacial score (nSPS) is 11.9. The van der Waals surface area contributed by atoms with Crippen molar-refractivity contribution in [2.45, 2.75) is 19.4 Å². The second-order valence-electron chi connectivity index (χ2n) is 9.07. The van der Waals surface area contributed by atoms with E-state index in [0.29, 0.717) is 0 Å². The molecule has 0 unspecified atom stereocenters. The number of anilines is 5. The fourth-order valence-electron chi connectivity index (χ4n) is 5.03. The molecule has 4 nitrogen and oxygen atoms in total. The lowest BCUT2D eigenvalue weighted by atomic mass is 10.1. The predicted molar refractivity (Wildman–Crippen MR) is 147 cm³/mol. The topological polar surface area (TPSA) is 23.2 Å². The van der Waals surface area contributed by atoms with Gasteiger partial charge in [-0.15, -0.1) is 0 Å². The van der Waals surface area contributed by atoms with Crippen LogP contribution in [0.25, 0.3) is 11.1 Å². The van der Waals surface area contributed by atoms with Crippen LogP contribution in [0.4, 0.5) is 28.4 Å². The zero-order valence-electron chi connectivity index (χ0n) is 20.6. The largest absolute Gasteiger partial charge is 1.00 e. The van der Waals surface area contributed by atoms with Crippen molar-refractivity contribution in [3.8, 4) is 11.1 Å². The summed E-state index contributed by atoms with van der Waals surface area (Å²) in [5, 5.41) is 0. The Kier molecular flexibility index (Phi) is 7.62. The Morgan fingerprint density at radius 2 is 1.11 bits per heavy atom. The molecule has 3 heterocycles. The molecular weight excluding hydrogens is 520 g/mol. The zero-order chi connectivity index (χ0) is 24.2. The van der Waals surface area contributed by atoms with Gasteiger partial charge in [-0.1, -0.05) is 42.5 Å². The molecule has 0 fully saturated rings. The highest BCUT2D eigenvalue weighted by Crippen LogP contribution is 2.50. The highest BCUT2D eigenvalue weighted by atomic mass is 79.9. The highest BCUT2D eigenvalue weighted by molar-refractivity contribution is 5.97. The Bertz CT molecular complexity index is 1390. The van der Waals surface area contributed by atoms with Gasteiger partial charge in [0.05, 0.1) is 22.7 Å². The molecule has 0 aliphatic carbocycles. The van der Waals surface area contributed by atoms with Gasteiger partial charge in [0.1, 0.15) is 6.54 Å². The molecule has 37 heavy (non-hydrogen) atoms. The number of para-hydroxylation sites is 5. The molecule has 0 radical (unpaired) electrons. The van der Waals surface area contributed by atoms with Crippen LogP contribution in [0.5, 0.6) is 0 Å². The van der Waals surface area contributed by atoms with Gasteiger partial charge in [-0.2, -0.15) is 0 Å². The molecule has 0 N–H and O–H groups in total. The SMILES string of the molecule is [Br-].c1ccc(N2c3ccccc3N(CCCC[n+]3ccc(-c4ccncc4)cc3)c3ccccc32)cc1. The van der Waals surface area contributed by atoms with Crippen molar-refractivity contribution in [2.75, 3.05) is 16.3 Å². The van der Waals surface area contributed by atoms with E-state index in [0.717, 1.165) is 25.9 Å². The summed E-state index contributed by atoms with van der Waals surface area (Å²) in [6.07, 6.45) is 10.3. The molecule has 5 aromatic rings. The van der Waals surface area contributed by atoms with Gasteiger partial charge in [-0.25, -0.2) is 4.57 Å². The molecule has 184 valence electrons. The van der Waals surface area contributed by atoms with E-state index in [4.69, 9.17) is 0 Å². The fourth-order valence-corrected chi connectivity index (χ4v) is 5.03. The third kappa shape index (κ3) is 5.13. The maximum atomic E-state index is 4.11. The molecule has 1 aliphatic rings. The van der Waals surface area contributed by atoms with Crippen molar-refractivity contribution in [3.05, 3.63) is 128 Å². The van der Waals surface area contributed by atoms with E-state index in [-0.39, 0.29) is 17.0 Å². The smallest absolute Gasteiger partial charge is 0.169 e. The maximum absolute atomic E-state index is 4.11. The number of unbranched alkanes of at least 4 members (excludes halogenated alkanes) is 1. The fraction of sp³-hybridized carbons (Fsp3) is 0.125. The minimum absolute atomic E-state index is 0. The Morgan fingerprint density at radius 3 is 1.73 bits per heavy atom. The van der Waals surface area contributed by atoms with E-state index in [2.05, 4.69) is 123 Å². The van der Waals surface area contributed by atoms with Gasteiger partial charge in [0, 0.05) is 43.2 Å². The van der Waals surface area contributed by atoms with E-state index < -0.39 is 0 Å². The summed E-state index contributed by atoms with van der Waals surface area (Å²) in [4.78, 5) is 8.98. The maximum Gasteiger partial charge on any atom is 0.169 e. The summed E-state index contributed by atoms with van der Waals surface area (Å²) in [7, 11) is 0. The Labute approximate surface area is 229 Å². The first-order chi connectivity index (χ1) is 17.9. The first-order valence-corrected chi connectivity index (χ1v) is 12.6. The third-order valence-corrected chi connectivity index (χ3v) is 6.79. The molecule has 5 heteroatoms. The molecule has 3 aromatic carbocycles. The molecule has 1 aliphatic heterocycles. The molecule has 2 aromatic heterocycles. The number of aromatic nitrogens is 2. The van der Waals surface area contributed by atoms with Crippen molar-refractivity contribution in [1.82, 2.24) is 4.98 Å². The van der Waals surface area contributed by atoms with Crippen molar-refractivity contribution in [2.24, 2.45) is 0 Å². The van der Waals surface area contributed by atoms with Gasteiger partial charge in [0.25, 0.3) is 0 Å². The minimum Gasteiger partial charge on any atom is -1.00 e. The van der Waals surface area contributed by atoms with Crippen LogP contribution < -0.4 is 31.3 Å². The van der Waals surface area contributed by atoms with Crippen LogP contribution in [0.3, 0.4) is 0 Å². The summed E-state index contributed by atoms with van der Waals surface area (Å²) < 4.78 is 2.28. The lowest BCUT2D eigenvalue weighted by Gasteiger charge is -2.40. The van der Waals surface area contributed by atoms with Crippen LogP contribution in [0.1, 0.15) is 12.8 Å². The number of aryl methyl sites for hydroxylation is 1. The van der Waals surface area contributed by atoms with Crippen molar-refractivity contribution in [3.63, 3.8) is 0 Å². The van der Waals surface area contributed by atoms with Gasteiger partial charge < -0.3 is 26.8 Å². The standard InChI is InChI=1S/C32H29N4.BrH/c1-2-10-28(11-3-1)36-31-14-6-4-12-29(31)35(30-13-5-7-15-32(30)36)23-9-8-22-34-24-18-27(19-25-34)26-16-20-33-21-17-26;/h1-7,10-21,24-25H,8-9,22-23H2;1H/q+1;/p-1. The van der Waals surface area contributed by atoms with Crippen LogP contribution in [0.15, 0.2) is 128 Å². The Hall–Kier alpha value is -3.96. The van der Waals surface area contributed by atoms with Gasteiger partial charge in [0.2, 0.25) is 0 Å². The van der Waals surface area contributed by atoms with Crippen LogP contribution in [-0.2, 0) is 6.54 Å². The molecule has 6 rings (SSSR count). The van der Waals surface area contributed by atoms with Gasteiger partial charge in [0.15, 0.2) is 12.4 Å². The summed E-state index contributed by atoms with van der Waals surface area (Å²) in [6.45, 7) is 1.98. The highest BCUT2D eigenvalue weighted by Gasteiger charge is 2.28. The van der Waals surface area contributed by atoms with Crippen LogP contribution in [0.2, 0.25) is 0 Å². The lowest BCUT2D eigenvalue weighted by Crippen LogP contribution is -3.00. The Balaban J connectivity index is 0.00000280. The molecule has 0 atom stereocenters. The average molecular weight is 550 g/mol. The molecule has 0 saturated carbocycles. The zero-order valence-corrected chi connectivity index (χ0v) is 22.2. The number of fused-ring (bicyclic) bond motifs is 2. The summed E-state index contributed by atoms with van der Waals surface area (Å²) in [5.74, 6) is 0. The number of pyridine rings is 2. The number of rotatable bonds is 7. The predicted octanol–water partition coefficient (Wildman–Crippen LogP) is 4.44. The molecular formula is C32H29BrN4. The second kappa shape index (κ2) is 11.4.